The number of nitrogens with two attached hydrogens (primary N) is 1. The molecule has 0 radical (unpaired) electrons. The van der Waals surface area contributed by atoms with Crippen LogP contribution in [-0.4, -0.2) is 42.0 Å². The van der Waals surface area contributed by atoms with Crippen LogP contribution in [0.25, 0.3) is 22.7 Å². The molecule has 0 fully saturated rings. The van der Waals surface area contributed by atoms with Crippen molar-refractivity contribution in [3.05, 3.63) is 24.0 Å². The molecule has 0 aliphatic carbocycles. The molecule has 30 heavy (non-hydrogen) atoms. The van der Waals surface area contributed by atoms with Crippen LogP contribution in [0.4, 0.5) is 13.2 Å². The minimum absolute atomic E-state index is 0.0549. The van der Waals surface area contributed by atoms with E-state index >= 15 is 0 Å². The lowest BCUT2D eigenvalue weighted by atomic mass is 10.1. The number of rotatable bonds is 6. The smallest absolute Gasteiger partial charge is 0.435 e. The summed E-state index contributed by atoms with van der Waals surface area (Å²) in [5.74, 6) is 0.719. The summed E-state index contributed by atoms with van der Waals surface area (Å²) in [4.78, 5) is 20.9. The topological polar surface area (TPSA) is 109 Å². The van der Waals surface area contributed by atoms with Crippen LogP contribution in [0.2, 0.25) is 0 Å². The average Bonchev–Trinajstić information content (AvgIpc) is 2.97. The summed E-state index contributed by atoms with van der Waals surface area (Å²) in [6.07, 6.45) is -3.21. The maximum absolute atomic E-state index is 12.9. The molecule has 0 saturated heterocycles. The van der Waals surface area contributed by atoms with Gasteiger partial charge < -0.3 is 15.0 Å². The Morgan fingerprint density at radius 1 is 1.27 bits per heavy atom. The molecule has 0 atom stereocenters. The van der Waals surface area contributed by atoms with Crippen molar-refractivity contribution in [1.29, 1.82) is 0 Å². The minimum Gasteiger partial charge on any atom is -0.476 e. The number of carbonyl (C=O) groups is 1. The van der Waals surface area contributed by atoms with Crippen LogP contribution in [0.3, 0.4) is 0 Å². The zero-order valence-corrected chi connectivity index (χ0v) is 17.4. The zero-order chi connectivity index (χ0) is 22.3. The van der Waals surface area contributed by atoms with Crippen LogP contribution < -0.4 is 10.5 Å². The Labute approximate surface area is 174 Å². The highest BCUT2D eigenvalue weighted by molar-refractivity contribution is 7.99. The van der Waals surface area contributed by atoms with Gasteiger partial charge in [-0.3, -0.25) is 4.79 Å². The van der Waals surface area contributed by atoms with Crippen molar-refractivity contribution in [3.63, 3.8) is 0 Å². The van der Waals surface area contributed by atoms with Gasteiger partial charge in [-0.05, 0) is 25.7 Å². The second-order valence-corrected chi connectivity index (χ2v) is 8.16. The summed E-state index contributed by atoms with van der Waals surface area (Å²) in [5.41, 5.74) is 3.69. The summed E-state index contributed by atoms with van der Waals surface area (Å²) in [5, 5.41) is 6.92. The van der Waals surface area contributed by atoms with E-state index in [1.807, 2.05) is 6.92 Å². The highest BCUT2D eigenvalue weighted by atomic mass is 32.2. The number of halogens is 3. The number of hydrogen-bond donors (Lipinski definition) is 1. The summed E-state index contributed by atoms with van der Waals surface area (Å²) in [6.45, 7) is 5.02. The predicted octanol–water partition coefficient (Wildman–Crippen LogP) is 3.20. The Kier molecular flexibility index (Phi) is 5.63. The normalized spacial score (nSPS) is 12.4. The predicted molar refractivity (Wildman–Crippen MR) is 105 cm³/mol. The lowest BCUT2D eigenvalue weighted by Crippen LogP contribution is -2.43. The fourth-order valence-corrected chi connectivity index (χ4v) is 3.39. The molecule has 12 heteroatoms. The third-order valence-electron chi connectivity index (χ3n) is 4.21. The van der Waals surface area contributed by atoms with E-state index in [2.05, 4.69) is 20.2 Å². The summed E-state index contributed by atoms with van der Waals surface area (Å²) >= 11 is 1.44. The first-order valence-electron chi connectivity index (χ1n) is 8.83. The van der Waals surface area contributed by atoms with Crippen molar-refractivity contribution >= 4 is 28.8 Å². The largest absolute Gasteiger partial charge is 0.476 e. The molecule has 3 rings (SSSR count). The van der Waals surface area contributed by atoms with Crippen molar-refractivity contribution < 1.29 is 22.7 Å². The number of hydrogen-bond acceptors (Lipinski definition) is 7. The first-order chi connectivity index (χ1) is 13.9. The van der Waals surface area contributed by atoms with Gasteiger partial charge in [-0.2, -0.15) is 13.2 Å². The van der Waals surface area contributed by atoms with Crippen molar-refractivity contribution in [1.82, 2.24) is 24.7 Å². The lowest BCUT2D eigenvalue weighted by molar-refractivity contribution is -0.141. The number of imidazole rings is 1. The van der Waals surface area contributed by atoms with Crippen molar-refractivity contribution in [2.45, 2.75) is 37.4 Å². The first kappa shape index (κ1) is 21.8. The molecule has 0 saturated carbocycles. The highest BCUT2D eigenvalue weighted by Gasteiger charge is 2.34. The van der Waals surface area contributed by atoms with Crippen LogP contribution in [0, 0.1) is 0 Å². The van der Waals surface area contributed by atoms with Crippen molar-refractivity contribution in [2.75, 3.05) is 5.75 Å². The number of nitrogens with zero attached hydrogens (tertiary/aromatic N) is 5. The number of aryl methyl sites for hydroxylation is 1. The van der Waals surface area contributed by atoms with Gasteiger partial charge in [0.1, 0.15) is 17.0 Å². The maximum atomic E-state index is 12.9. The monoisotopic (exact) mass is 440 g/mol. The van der Waals surface area contributed by atoms with Gasteiger partial charge in [0.2, 0.25) is 0 Å². The number of primary amides is 1. The molecule has 8 nitrogen and oxygen atoms in total. The molecular formula is C18H19F3N6O2S. The number of aromatic nitrogens is 5. The number of carbonyl (C=O) groups excluding carboxylic acids is 1. The molecule has 0 unspecified atom stereocenters. The van der Waals surface area contributed by atoms with Crippen molar-refractivity contribution in [2.24, 2.45) is 12.8 Å². The zero-order valence-electron chi connectivity index (χ0n) is 16.6. The van der Waals surface area contributed by atoms with E-state index < -0.39 is 23.4 Å². The molecular weight excluding hydrogens is 421 g/mol. The number of thioether (sulfide) groups is 1. The van der Waals surface area contributed by atoms with Gasteiger partial charge in [0.25, 0.3) is 5.91 Å². The molecule has 0 bridgehead atoms. The number of pyridine rings is 1. The average molecular weight is 440 g/mol. The Morgan fingerprint density at radius 3 is 2.57 bits per heavy atom. The molecule has 3 aromatic rings. The number of alkyl halides is 3. The molecule has 0 aliphatic rings. The Balaban J connectivity index is 2.09. The van der Waals surface area contributed by atoms with Gasteiger partial charge in [0, 0.05) is 18.0 Å². The quantitative estimate of drug-likeness (QED) is 0.586. The second-order valence-electron chi connectivity index (χ2n) is 6.86. The molecule has 1 amide bonds. The van der Waals surface area contributed by atoms with E-state index in [1.54, 1.807) is 13.1 Å². The fraction of sp³-hybridized carbons (Fsp3) is 0.389. The fourth-order valence-electron chi connectivity index (χ4n) is 2.60. The Morgan fingerprint density at radius 2 is 1.97 bits per heavy atom. The highest BCUT2D eigenvalue weighted by Crippen LogP contribution is 2.35. The van der Waals surface area contributed by atoms with Crippen LogP contribution >= 0.6 is 11.8 Å². The molecule has 2 N–H and O–H groups in total. The van der Waals surface area contributed by atoms with Crippen LogP contribution in [0.1, 0.15) is 26.5 Å². The van der Waals surface area contributed by atoms with Gasteiger partial charge in [0.15, 0.2) is 22.8 Å². The Bertz CT molecular complexity index is 1110. The van der Waals surface area contributed by atoms with Gasteiger partial charge in [0.05, 0.1) is 6.20 Å². The molecule has 160 valence electrons. The van der Waals surface area contributed by atoms with Gasteiger partial charge in [-0.15, -0.1) is 22.0 Å². The van der Waals surface area contributed by atoms with E-state index in [-0.39, 0.29) is 11.2 Å². The van der Waals surface area contributed by atoms with Crippen molar-refractivity contribution in [3.8, 4) is 17.3 Å². The summed E-state index contributed by atoms with van der Waals surface area (Å²) in [7, 11) is 1.62. The molecule has 0 spiro atoms. The summed E-state index contributed by atoms with van der Waals surface area (Å²) in [6, 6.07) is 2.54. The molecule has 0 aliphatic heterocycles. The second kappa shape index (κ2) is 7.74. The third-order valence-corrected chi connectivity index (χ3v) is 5.12. The first-order valence-corrected chi connectivity index (χ1v) is 9.82. The molecule has 3 aromatic heterocycles. The summed E-state index contributed by atoms with van der Waals surface area (Å²) < 4.78 is 46.0. The third kappa shape index (κ3) is 4.18. The van der Waals surface area contributed by atoms with Crippen LogP contribution in [0.15, 0.2) is 23.2 Å². The van der Waals surface area contributed by atoms with Crippen LogP contribution in [0.5, 0.6) is 5.75 Å². The van der Waals surface area contributed by atoms with E-state index in [4.69, 9.17) is 10.5 Å². The number of fused-ring (bicyclic) bond motifs is 1. The molecule has 3 heterocycles. The van der Waals surface area contributed by atoms with Gasteiger partial charge in [-0.25, -0.2) is 9.97 Å². The van der Waals surface area contributed by atoms with E-state index in [9.17, 15) is 18.0 Å². The minimum atomic E-state index is -4.62. The molecule has 0 aromatic carbocycles. The number of amides is 1. The van der Waals surface area contributed by atoms with E-state index in [1.165, 1.54) is 36.4 Å². The van der Waals surface area contributed by atoms with Gasteiger partial charge in [-0.1, -0.05) is 6.92 Å². The SMILES string of the molecule is CCSc1cc(OC(C)(C)C(N)=O)cnc1-c1nc2cc(C(F)(F)F)nnc2n1C. The maximum Gasteiger partial charge on any atom is 0.435 e. The standard InChI is InChI=1S/C18H19F3N6O2S/c1-5-30-11-6-9(29-17(2,3)16(22)28)8-23-13(11)15-24-10-7-12(18(19,20)21)25-26-14(10)27(15)4/h6-8H,5H2,1-4H3,(H2,22,28). The lowest BCUT2D eigenvalue weighted by Gasteiger charge is -2.23. The Hall–Kier alpha value is -2.89. The van der Waals surface area contributed by atoms with E-state index in [0.717, 1.165) is 6.07 Å². The van der Waals surface area contributed by atoms with Gasteiger partial charge >= 0.3 is 6.18 Å². The number of ether oxygens (including phenoxy) is 1. The van der Waals surface area contributed by atoms with Crippen LogP contribution in [-0.2, 0) is 18.0 Å². The van der Waals surface area contributed by atoms with E-state index in [0.29, 0.717) is 27.9 Å².